The molecule has 2 N–H and O–H groups in total. The number of carbonyl (C=O) groups is 1. The minimum Gasteiger partial charge on any atom is -0.394 e. The zero-order valence-corrected chi connectivity index (χ0v) is 13.1. The summed E-state index contributed by atoms with van der Waals surface area (Å²) in [5.41, 5.74) is 0.204. The van der Waals surface area contributed by atoms with Crippen LogP contribution in [0.5, 0.6) is 0 Å². The summed E-state index contributed by atoms with van der Waals surface area (Å²) >= 11 is 0. The highest BCUT2D eigenvalue weighted by Gasteiger charge is 2.22. The maximum atomic E-state index is 13.3. The van der Waals surface area contributed by atoms with Gasteiger partial charge in [0.25, 0.3) is 11.8 Å². The zero-order valence-electron chi connectivity index (χ0n) is 13.1. The first-order valence-electron chi connectivity index (χ1n) is 7.43. The second-order valence-corrected chi connectivity index (χ2v) is 5.33. The van der Waals surface area contributed by atoms with Gasteiger partial charge in [-0.1, -0.05) is 5.16 Å². The van der Waals surface area contributed by atoms with Crippen LogP contribution in [-0.2, 0) is 0 Å². The van der Waals surface area contributed by atoms with Gasteiger partial charge in [-0.3, -0.25) is 4.79 Å². The first kappa shape index (κ1) is 17.6. The molecule has 26 heavy (non-hydrogen) atoms. The molecule has 3 aromatic rings. The molecule has 2 aromatic carbocycles. The molecule has 0 aliphatic carbocycles. The summed E-state index contributed by atoms with van der Waals surface area (Å²) in [4.78, 5) is 16.1. The number of aliphatic hydroxyl groups is 1. The summed E-state index contributed by atoms with van der Waals surface area (Å²) in [7, 11) is 0. The molecule has 6 nitrogen and oxygen atoms in total. The van der Waals surface area contributed by atoms with Crippen molar-refractivity contribution in [3.8, 4) is 11.4 Å². The van der Waals surface area contributed by atoms with E-state index in [4.69, 9.17) is 4.52 Å². The molecular weight excluding hydrogens is 351 g/mol. The molecule has 9 heteroatoms. The van der Waals surface area contributed by atoms with Gasteiger partial charge >= 0.3 is 0 Å². The number of amides is 1. The Bertz CT molecular complexity index is 908. The van der Waals surface area contributed by atoms with Crippen LogP contribution in [0.15, 0.2) is 47.0 Å². The van der Waals surface area contributed by atoms with Crippen molar-refractivity contribution in [1.29, 1.82) is 0 Å². The van der Waals surface area contributed by atoms with Crippen LogP contribution < -0.4 is 5.32 Å². The third kappa shape index (κ3) is 3.89. The Morgan fingerprint density at radius 2 is 1.73 bits per heavy atom. The average Bonchev–Trinajstić information content (AvgIpc) is 3.09. The Kier molecular flexibility index (Phi) is 4.99. The lowest BCUT2D eigenvalue weighted by Gasteiger charge is -2.12. The Morgan fingerprint density at radius 3 is 2.35 bits per heavy atom. The molecule has 1 amide bonds. The van der Waals surface area contributed by atoms with E-state index in [1.54, 1.807) is 0 Å². The smallest absolute Gasteiger partial charge is 0.251 e. The number of benzene rings is 2. The van der Waals surface area contributed by atoms with E-state index in [-0.39, 0.29) is 22.8 Å². The van der Waals surface area contributed by atoms with Crippen LogP contribution in [0, 0.1) is 17.5 Å². The number of nitrogens with one attached hydrogen (secondary N) is 1. The van der Waals surface area contributed by atoms with Gasteiger partial charge in [0.2, 0.25) is 5.82 Å². The molecule has 1 atom stereocenters. The molecule has 1 aromatic heterocycles. The molecule has 0 unspecified atom stereocenters. The number of nitrogens with zero attached hydrogens (tertiary/aromatic N) is 2. The van der Waals surface area contributed by atoms with Gasteiger partial charge in [-0.05, 0) is 36.4 Å². The fraction of sp³-hybridized carbons (Fsp3) is 0.118. The summed E-state index contributed by atoms with van der Waals surface area (Å²) in [6, 6.07) is 6.46. The zero-order chi connectivity index (χ0) is 18.7. The van der Waals surface area contributed by atoms with E-state index in [0.29, 0.717) is 6.07 Å². The molecule has 0 aliphatic rings. The normalized spacial score (nSPS) is 12.0. The molecule has 1 heterocycles. The Labute approximate surface area is 145 Å². The van der Waals surface area contributed by atoms with Crippen LogP contribution >= 0.6 is 0 Å². The number of rotatable bonds is 5. The highest BCUT2D eigenvalue weighted by atomic mass is 19.1. The highest BCUT2D eigenvalue weighted by molar-refractivity contribution is 5.94. The summed E-state index contributed by atoms with van der Waals surface area (Å²) in [6.45, 7) is -0.563. The van der Waals surface area contributed by atoms with Crippen LogP contribution in [0.2, 0.25) is 0 Å². The summed E-state index contributed by atoms with van der Waals surface area (Å²) in [6.07, 6.45) is 0. The van der Waals surface area contributed by atoms with E-state index in [1.165, 1.54) is 12.1 Å². The first-order valence-corrected chi connectivity index (χ1v) is 7.43. The van der Waals surface area contributed by atoms with Crippen LogP contribution in [-0.4, -0.2) is 27.8 Å². The molecular formula is C17H12F3N3O3. The largest absolute Gasteiger partial charge is 0.394 e. The maximum absolute atomic E-state index is 13.3. The summed E-state index contributed by atoms with van der Waals surface area (Å²) < 4.78 is 44.4. The minimum absolute atomic E-state index is 0.0408. The highest BCUT2D eigenvalue weighted by Crippen LogP contribution is 2.21. The third-order valence-electron chi connectivity index (χ3n) is 3.45. The monoisotopic (exact) mass is 363 g/mol. The van der Waals surface area contributed by atoms with E-state index in [9.17, 15) is 23.1 Å². The van der Waals surface area contributed by atoms with Crippen molar-refractivity contribution in [1.82, 2.24) is 15.5 Å². The SMILES string of the molecule is O=C(N[C@@H](CO)c1nc(-c2cc(F)cc(F)c2)no1)c1ccc(F)cc1. The van der Waals surface area contributed by atoms with Crippen LogP contribution in [0.3, 0.4) is 0 Å². The fourth-order valence-electron chi connectivity index (χ4n) is 2.21. The lowest BCUT2D eigenvalue weighted by molar-refractivity contribution is 0.0901. The molecule has 0 radical (unpaired) electrons. The molecule has 0 aliphatic heterocycles. The quantitative estimate of drug-likeness (QED) is 0.728. The van der Waals surface area contributed by atoms with Gasteiger partial charge in [0.1, 0.15) is 23.5 Å². The number of aromatic nitrogens is 2. The number of hydrogen-bond acceptors (Lipinski definition) is 5. The lowest BCUT2D eigenvalue weighted by Crippen LogP contribution is -2.31. The van der Waals surface area contributed by atoms with E-state index >= 15 is 0 Å². The van der Waals surface area contributed by atoms with Crippen molar-refractivity contribution in [2.45, 2.75) is 6.04 Å². The van der Waals surface area contributed by atoms with Crippen LogP contribution in [0.1, 0.15) is 22.3 Å². The van der Waals surface area contributed by atoms with Gasteiger partial charge in [0.15, 0.2) is 0 Å². The topological polar surface area (TPSA) is 88.2 Å². The molecule has 0 saturated heterocycles. The molecule has 134 valence electrons. The van der Waals surface area contributed by atoms with Crippen LogP contribution in [0.25, 0.3) is 11.4 Å². The lowest BCUT2D eigenvalue weighted by atomic mass is 10.2. The summed E-state index contributed by atoms with van der Waals surface area (Å²) in [5, 5.41) is 15.5. The number of halogens is 3. The fourth-order valence-corrected chi connectivity index (χ4v) is 2.21. The minimum atomic E-state index is -1.05. The van der Waals surface area contributed by atoms with E-state index in [2.05, 4.69) is 15.5 Å². The molecule has 0 fully saturated rings. The second kappa shape index (κ2) is 7.36. The van der Waals surface area contributed by atoms with Gasteiger partial charge in [-0.15, -0.1) is 0 Å². The average molecular weight is 363 g/mol. The van der Waals surface area contributed by atoms with E-state index < -0.39 is 36.0 Å². The van der Waals surface area contributed by atoms with Crippen LogP contribution in [0.4, 0.5) is 13.2 Å². The predicted octanol–water partition coefficient (Wildman–Crippen LogP) is 2.62. The van der Waals surface area contributed by atoms with Gasteiger partial charge in [0, 0.05) is 17.2 Å². The van der Waals surface area contributed by atoms with E-state index in [1.807, 2.05) is 0 Å². The van der Waals surface area contributed by atoms with Crippen molar-refractivity contribution in [3.63, 3.8) is 0 Å². The Morgan fingerprint density at radius 1 is 1.08 bits per heavy atom. The summed E-state index contributed by atoms with van der Waals surface area (Å²) in [5.74, 6) is -2.97. The van der Waals surface area contributed by atoms with Gasteiger partial charge < -0.3 is 14.9 Å². The first-order chi connectivity index (χ1) is 12.5. The number of carbonyl (C=O) groups excluding carboxylic acids is 1. The van der Waals surface area contributed by atoms with Crippen molar-refractivity contribution in [2.75, 3.05) is 6.61 Å². The van der Waals surface area contributed by atoms with Crippen molar-refractivity contribution in [2.24, 2.45) is 0 Å². The maximum Gasteiger partial charge on any atom is 0.251 e. The molecule has 3 rings (SSSR count). The van der Waals surface area contributed by atoms with Gasteiger partial charge in [-0.25, -0.2) is 13.2 Å². The standard InChI is InChI=1S/C17H12F3N3O3/c18-11-3-1-9(2-4-11)16(25)21-14(8-24)17-22-15(23-26-17)10-5-12(19)7-13(20)6-10/h1-7,14,24H,8H2,(H,21,25)/t14-/m0/s1. The van der Waals surface area contributed by atoms with Crippen molar-refractivity contribution in [3.05, 3.63) is 71.4 Å². The number of hydrogen-bond donors (Lipinski definition) is 2. The van der Waals surface area contributed by atoms with Gasteiger partial charge in [-0.2, -0.15) is 4.98 Å². The van der Waals surface area contributed by atoms with E-state index in [0.717, 1.165) is 24.3 Å². The Hall–Kier alpha value is -3.20. The third-order valence-corrected chi connectivity index (χ3v) is 3.45. The Balaban J connectivity index is 1.79. The molecule has 0 bridgehead atoms. The molecule has 0 saturated carbocycles. The predicted molar refractivity (Wildman–Crippen MR) is 83.3 cm³/mol. The van der Waals surface area contributed by atoms with Gasteiger partial charge in [0.05, 0.1) is 6.61 Å². The van der Waals surface area contributed by atoms with Crippen molar-refractivity contribution < 1.29 is 27.6 Å². The number of aliphatic hydroxyl groups excluding tert-OH is 1. The second-order valence-electron chi connectivity index (χ2n) is 5.33. The van der Waals surface area contributed by atoms with Crippen molar-refractivity contribution >= 4 is 5.91 Å². The molecule has 0 spiro atoms.